The fourth-order valence-electron chi connectivity index (χ4n) is 2.57. The smallest absolute Gasteiger partial charge is 0.0762 e. The maximum atomic E-state index is 4.69. The normalized spacial score (nSPS) is 12.8. The summed E-state index contributed by atoms with van der Waals surface area (Å²) in [5.41, 5.74) is 3.73. The van der Waals surface area contributed by atoms with E-state index in [0.717, 1.165) is 25.1 Å². The van der Waals surface area contributed by atoms with Crippen LogP contribution in [-0.4, -0.2) is 9.78 Å². The first kappa shape index (κ1) is 15.8. The summed E-state index contributed by atoms with van der Waals surface area (Å²) in [5.74, 6) is 0. The van der Waals surface area contributed by atoms with Gasteiger partial charge in [-0.2, -0.15) is 5.10 Å². The highest BCUT2D eigenvalue weighted by molar-refractivity contribution is 5.23. The molecule has 0 saturated heterocycles. The minimum atomic E-state index is 0.337. The van der Waals surface area contributed by atoms with Gasteiger partial charge in [0.25, 0.3) is 0 Å². The lowest BCUT2D eigenvalue weighted by Gasteiger charge is -2.14. The Hall–Kier alpha value is -1.61. The molecule has 0 spiro atoms. The molecule has 1 N–H and O–H groups in total. The first-order valence-electron chi connectivity index (χ1n) is 7.98. The third-order valence-corrected chi connectivity index (χ3v) is 4.15. The van der Waals surface area contributed by atoms with Crippen molar-refractivity contribution < 1.29 is 0 Å². The summed E-state index contributed by atoms with van der Waals surface area (Å²) < 4.78 is 2.10. The number of nitrogens with one attached hydrogen (secondary N) is 1. The molecule has 21 heavy (non-hydrogen) atoms. The molecule has 0 saturated carbocycles. The van der Waals surface area contributed by atoms with E-state index in [0.29, 0.717) is 12.1 Å². The van der Waals surface area contributed by atoms with Gasteiger partial charge in [0.1, 0.15) is 0 Å². The number of benzene rings is 1. The molecule has 0 amide bonds. The third kappa shape index (κ3) is 4.18. The third-order valence-electron chi connectivity index (χ3n) is 4.15. The van der Waals surface area contributed by atoms with Crippen molar-refractivity contribution in [2.75, 3.05) is 0 Å². The summed E-state index contributed by atoms with van der Waals surface area (Å²) in [6.45, 7) is 9.55. The Balaban J connectivity index is 1.92. The van der Waals surface area contributed by atoms with Gasteiger partial charge in [0.05, 0.1) is 11.7 Å². The first-order valence-corrected chi connectivity index (χ1v) is 7.98. The maximum absolute atomic E-state index is 4.69. The van der Waals surface area contributed by atoms with Crippen LogP contribution in [0.3, 0.4) is 0 Å². The van der Waals surface area contributed by atoms with E-state index in [9.17, 15) is 0 Å². The number of aromatic nitrogens is 2. The average Bonchev–Trinajstić information content (AvgIpc) is 2.96. The Kier molecular flexibility index (Phi) is 5.57. The van der Waals surface area contributed by atoms with Crippen molar-refractivity contribution >= 4 is 0 Å². The van der Waals surface area contributed by atoms with Gasteiger partial charge >= 0.3 is 0 Å². The largest absolute Gasteiger partial charge is 0.304 e. The van der Waals surface area contributed by atoms with Gasteiger partial charge in [0, 0.05) is 18.8 Å². The molecule has 1 heterocycles. The van der Waals surface area contributed by atoms with E-state index in [2.05, 4.69) is 79.3 Å². The van der Waals surface area contributed by atoms with Crippen LogP contribution in [-0.2, 0) is 6.54 Å². The van der Waals surface area contributed by atoms with E-state index in [4.69, 9.17) is 0 Å². The van der Waals surface area contributed by atoms with Gasteiger partial charge in [-0.1, -0.05) is 43.7 Å². The Bertz CT molecular complexity index is 538. The summed E-state index contributed by atoms with van der Waals surface area (Å²) in [7, 11) is 0. The van der Waals surface area contributed by atoms with Crippen LogP contribution in [0.25, 0.3) is 0 Å². The van der Waals surface area contributed by atoms with Crippen LogP contribution in [0, 0.1) is 6.92 Å². The minimum absolute atomic E-state index is 0.337. The van der Waals surface area contributed by atoms with Crippen LogP contribution in [0.5, 0.6) is 0 Å². The second kappa shape index (κ2) is 7.41. The van der Waals surface area contributed by atoms with E-state index in [1.54, 1.807) is 0 Å². The summed E-state index contributed by atoms with van der Waals surface area (Å²) in [4.78, 5) is 0. The molecular weight excluding hydrogens is 258 g/mol. The molecule has 0 aliphatic heterocycles. The second-order valence-electron chi connectivity index (χ2n) is 5.77. The van der Waals surface area contributed by atoms with Gasteiger partial charge in [-0.05, 0) is 38.3 Å². The molecule has 0 fully saturated rings. The Morgan fingerprint density at radius 3 is 2.38 bits per heavy atom. The quantitative estimate of drug-likeness (QED) is 0.817. The molecule has 3 heteroatoms. The average molecular weight is 285 g/mol. The number of nitrogens with zero attached hydrogens (tertiary/aromatic N) is 2. The van der Waals surface area contributed by atoms with Crippen molar-refractivity contribution in [2.45, 2.75) is 59.2 Å². The highest BCUT2D eigenvalue weighted by Gasteiger charge is 2.09. The predicted molar refractivity (Wildman–Crippen MR) is 88.3 cm³/mol. The van der Waals surface area contributed by atoms with Crippen molar-refractivity contribution in [3.8, 4) is 0 Å². The van der Waals surface area contributed by atoms with Crippen molar-refractivity contribution in [1.82, 2.24) is 15.1 Å². The van der Waals surface area contributed by atoms with E-state index in [-0.39, 0.29) is 0 Å². The van der Waals surface area contributed by atoms with Gasteiger partial charge in [-0.15, -0.1) is 0 Å². The van der Waals surface area contributed by atoms with Crippen molar-refractivity contribution in [3.05, 3.63) is 53.3 Å². The standard InChI is InChI=1S/C18H27N3/c1-5-18(6-2)21-12-11-17(20-21)13-19-15(4)16-9-7-14(3)8-10-16/h7-12,15,18-19H,5-6,13H2,1-4H3/t15-/m1/s1. The molecule has 0 aliphatic carbocycles. The van der Waals surface area contributed by atoms with E-state index in [1.165, 1.54) is 11.1 Å². The molecule has 1 aromatic carbocycles. The first-order chi connectivity index (χ1) is 10.1. The Labute approximate surface area is 128 Å². The van der Waals surface area contributed by atoms with Crippen molar-refractivity contribution in [1.29, 1.82) is 0 Å². The van der Waals surface area contributed by atoms with Gasteiger partial charge in [0.15, 0.2) is 0 Å². The van der Waals surface area contributed by atoms with E-state index >= 15 is 0 Å². The zero-order chi connectivity index (χ0) is 15.2. The summed E-state index contributed by atoms with van der Waals surface area (Å²) in [5, 5.41) is 8.23. The number of hydrogen-bond donors (Lipinski definition) is 1. The molecule has 2 aromatic rings. The maximum Gasteiger partial charge on any atom is 0.0762 e. The van der Waals surface area contributed by atoms with E-state index in [1.807, 2.05) is 0 Å². The fraction of sp³-hybridized carbons (Fsp3) is 0.500. The Morgan fingerprint density at radius 2 is 1.76 bits per heavy atom. The molecule has 114 valence electrons. The minimum Gasteiger partial charge on any atom is -0.304 e. The molecule has 3 nitrogen and oxygen atoms in total. The number of rotatable bonds is 7. The lowest BCUT2D eigenvalue weighted by molar-refractivity contribution is 0.423. The zero-order valence-corrected chi connectivity index (χ0v) is 13.6. The monoisotopic (exact) mass is 285 g/mol. The highest BCUT2D eigenvalue weighted by atomic mass is 15.3. The van der Waals surface area contributed by atoms with Gasteiger partial charge in [-0.25, -0.2) is 0 Å². The molecule has 1 aromatic heterocycles. The van der Waals surface area contributed by atoms with Crippen molar-refractivity contribution in [3.63, 3.8) is 0 Å². The zero-order valence-electron chi connectivity index (χ0n) is 13.6. The van der Waals surface area contributed by atoms with E-state index < -0.39 is 0 Å². The van der Waals surface area contributed by atoms with Crippen LogP contribution < -0.4 is 5.32 Å². The number of aryl methyl sites for hydroxylation is 1. The lowest BCUT2D eigenvalue weighted by Crippen LogP contribution is -2.18. The SMILES string of the molecule is CCC(CC)n1ccc(CN[C@H](C)c2ccc(C)cc2)n1. The van der Waals surface area contributed by atoms with Crippen LogP contribution in [0.1, 0.15) is 62.5 Å². The molecule has 0 bridgehead atoms. The summed E-state index contributed by atoms with van der Waals surface area (Å²) >= 11 is 0. The molecule has 1 atom stereocenters. The van der Waals surface area contributed by atoms with Crippen LogP contribution in [0.4, 0.5) is 0 Å². The Morgan fingerprint density at radius 1 is 1.10 bits per heavy atom. The molecular formula is C18H27N3. The van der Waals surface area contributed by atoms with Gasteiger partial charge in [-0.3, -0.25) is 4.68 Å². The van der Waals surface area contributed by atoms with Gasteiger partial charge in [0.2, 0.25) is 0 Å². The van der Waals surface area contributed by atoms with Crippen LogP contribution >= 0.6 is 0 Å². The van der Waals surface area contributed by atoms with Gasteiger partial charge < -0.3 is 5.32 Å². The molecule has 0 aliphatic rings. The van der Waals surface area contributed by atoms with Crippen LogP contribution in [0.2, 0.25) is 0 Å². The summed E-state index contributed by atoms with van der Waals surface area (Å²) in [6.07, 6.45) is 4.36. The van der Waals surface area contributed by atoms with Crippen molar-refractivity contribution in [2.24, 2.45) is 0 Å². The molecule has 0 radical (unpaired) electrons. The summed E-state index contributed by atoms with van der Waals surface area (Å²) in [6, 6.07) is 11.7. The fourth-order valence-corrected chi connectivity index (χ4v) is 2.57. The second-order valence-corrected chi connectivity index (χ2v) is 5.77. The lowest BCUT2D eigenvalue weighted by atomic mass is 10.1. The van der Waals surface area contributed by atoms with Crippen LogP contribution in [0.15, 0.2) is 36.5 Å². The predicted octanol–water partition coefficient (Wildman–Crippen LogP) is 4.40. The topological polar surface area (TPSA) is 29.9 Å². The highest BCUT2D eigenvalue weighted by Crippen LogP contribution is 2.16. The number of hydrogen-bond acceptors (Lipinski definition) is 2. The molecule has 0 unspecified atom stereocenters. The molecule has 2 rings (SSSR count).